The van der Waals surface area contributed by atoms with E-state index in [4.69, 9.17) is 0 Å². The van der Waals surface area contributed by atoms with Crippen molar-refractivity contribution in [3.8, 4) is 0 Å². The van der Waals surface area contributed by atoms with E-state index in [2.05, 4.69) is 45.0 Å². The van der Waals surface area contributed by atoms with Gasteiger partial charge < -0.3 is 5.32 Å². The molecule has 15 heavy (non-hydrogen) atoms. The third-order valence-electron chi connectivity index (χ3n) is 4.11. The molecular formula is C13H28N2. The van der Waals surface area contributed by atoms with Crippen LogP contribution in [0.1, 0.15) is 47.0 Å². The van der Waals surface area contributed by atoms with Crippen LogP contribution in [-0.4, -0.2) is 36.6 Å². The number of nitrogens with one attached hydrogen (secondary N) is 1. The molecule has 0 bridgehead atoms. The lowest BCUT2D eigenvalue weighted by Crippen LogP contribution is -2.53. The van der Waals surface area contributed by atoms with Crippen molar-refractivity contribution in [3.05, 3.63) is 0 Å². The smallest absolute Gasteiger partial charge is 0.0223 e. The zero-order chi connectivity index (χ0) is 11.4. The molecule has 1 rings (SSSR count). The average Bonchev–Trinajstić information content (AvgIpc) is 2.19. The fourth-order valence-corrected chi connectivity index (χ4v) is 3.05. The van der Waals surface area contributed by atoms with Crippen molar-refractivity contribution in [2.24, 2.45) is 5.92 Å². The average molecular weight is 212 g/mol. The first-order chi connectivity index (χ1) is 7.10. The maximum atomic E-state index is 3.44. The van der Waals surface area contributed by atoms with Gasteiger partial charge in [0.1, 0.15) is 0 Å². The molecule has 1 saturated heterocycles. The molecule has 0 aromatic rings. The predicted octanol–water partition coefficient (Wildman–Crippen LogP) is 2.49. The highest BCUT2D eigenvalue weighted by atomic mass is 15.2. The van der Waals surface area contributed by atoms with E-state index in [-0.39, 0.29) is 0 Å². The molecule has 1 fully saturated rings. The van der Waals surface area contributed by atoms with Crippen LogP contribution >= 0.6 is 0 Å². The quantitative estimate of drug-likeness (QED) is 0.770. The first kappa shape index (κ1) is 13.0. The molecule has 0 aliphatic carbocycles. The fourth-order valence-electron chi connectivity index (χ4n) is 3.05. The molecule has 0 spiro atoms. The Balaban J connectivity index is 2.54. The molecule has 1 aliphatic heterocycles. The summed E-state index contributed by atoms with van der Waals surface area (Å²) in [6.45, 7) is 10.7. The topological polar surface area (TPSA) is 15.3 Å². The van der Waals surface area contributed by atoms with E-state index in [9.17, 15) is 0 Å². The van der Waals surface area contributed by atoms with Crippen LogP contribution in [0.2, 0.25) is 0 Å². The van der Waals surface area contributed by atoms with Gasteiger partial charge in [-0.15, -0.1) is 0 Å². The Morgan fingerprint density at radius 2 is 2.07 bits per heavy atom. The summed E-state index contributed by atoms with van der Waals surface area (Å²) in [6.07, 6.45) is 3.95. The molecule has 90 valence electrons. The highest BCUT2D eigenvalue weighted by molar-refractivity contribution is 4.86. The molecule has 4 unspecified atom stereocenters. The molecule has 4 atom stereocenters. The molecule has 0 aromatic carbocycles. The number of hydrogen-bond acceptors (Lipinski definition) is 2. The standard InChI is InChI=1S/C13H28N2/c1-6-13(14-5)12(4)15-8-7-10(2)9-11(15)3/h10-14H,6-9H2,1-5H3. The summed E-state index contributed by atoms with van der Waals surface area (Å²) < 4.78 is 0. The molecule has 2 nitrogen and oxygen atoms in total. The van der Waals surface area contributed by atoms with Crippen LogP contribution in [-0.2, 0) is 0 Å². The third kappa shape index (κ3) is 3.18. The Hall–Kier alpha value is -0.0800. The van der Waals surface area contributed by atoms with Gasteiger partial charge in [-0.25, -0.2) is 0 Å². The van der Waals surface area contributed by atoms with Crippen molar-refractivity contribution in [1.82, 2.24) is 10.2 Å². The van der Waals surface area contributed by atoms with E-state index in [1.165, 1.54) is 25.8 Å². The van der Waals surface area contributed by atoms with E-state index < -0.39 is 0 Å². The summed E-state index contributed by atoms with van der Waals surface area (Å²) in [5.41, 5.74) is 0. The SMILES string of the molecule is CCC(NC)C(C)N1CCC(C)CC1C. The maximum Gasteiger partial charge on any atom is 0.0223 e. The van der Waals surface area contributed by atoms with Crippen LogP contribution in [0.25, 0.3) is 0 Å². The molecule has 0 aromatic heterocycles. The van der Waals surface area contributed by atoms with Crippen molar-refractivity contribution in [3.63, 3.8) is 0 Å². The van der Waals surface area contributed by atoms with Crippen LogP contribution in [0.5, 0.6) is 0 Å². The van der Waals surface area contributed by atoms with Gasteiger partial charge in [-0.3, -0.25) is 4.90 Å². The van der Waals surface area contributed by atoms with Gasteiger partial charge in [0, 0.05) is 18.1 Å². The lowest BCUT2D eigenvalue weighted by molar-refractivity contribution is 0.0708. The Kier molecular flexibility index (Phi) is 5.07. The molecule has 1 N–H and O–H groups in total. The lowest BCUT2D eigenvalue weighted by atomic mass is 9.91. The monoisotopic (exact) mass is 212 g/mol. The minimum atomic E-state index is 0.640. The molecular weight excluding hydrogens is 184 g/mol. The van der Waals surface area contributed by atoms with Gasteiger partial charge in [0.05, 0.1) is 0 Å². The number of rotatable bonds is 4. The molecule has 2 heteroatoms. The van der Waals surface area contributed by atoms with Gasteiger partial charge in [-0.2, -0.15) is 0 Å². The van der Waals surface area contributed by atoms with Crippen molar-refractivity contribution in [1.29, 1.82) is 0 Å². The van der Waals surface area contributed by atoms with Gasteiger partial charge in [0.2, 0.25) is 0 Å². The summed E-state index contributed by atoms with van der Waals surface area (Å²) in [4.78, 5) is 2.69. The Morgan fingerprint density at radius 1 is 1.40 bits per heavy atom. The van der Waals surface area contributed by atoms with Gasteiger partial charge in [0.15, 0.2) is 0 Å². The zero-order valence-corrected chi connectivity index (χ0v) is 11.1. The first-order valence-corrected chi connectivity index (χ1v) is 6.53. The van der Waals surface area contributed by atoms with Crippen LogP contribution in [0.15, 0.2) is 0 Å². The summed E-state index contributed by atoms with van der Waals surface area (Å²) in [6, 6.07) is 2.06. The van der Waals surface area contributed by atoms with Gasteiger partial charge in [-0.1, -0.05) is 13.8 Å². The van der Waals surface area contributed by atoms with Crippen molar-refractivity contribution < 1.29 is 0 Å². The number of piperidine rings is 1. The van der Waals surface area contributed by atoms with Crippen molar-refractivity contribution in [2.75, 3.05) is 13.6 Å². The normalized spacial score (nSPS) is 32.6. The Morgan fingerprint density at radius 3 is 2.53 bits per heavy atom. The summed E-state index contributed by atoms with van der Waals surface area (Å²) in [5, 5.41) is 3.44. The maximum absolute atomic E-state index is 3.44. The van der Waals surface area contributed by atoms with Crippen molar-refractivity contribution >= 4 is 0 Å². The van der Waals surface area contributed by atoms with E-state index >= 15 is 0 Å². The molecule has 0 saturated carbocycles. The van der Waals surface area contributed by atoms with E-state index in [0.29, 0.717) is 12.1 Å². The van der Waals surface area contributed by atoms with Crippen LogP contribution in [0, 0.1) is 5.92 Å². The second-order valence-corrected chi connectivity index (χ2v) is 5.26. The largest absolute Gasteiger partial charge is 0.315 e. The van der Waals surface area contributed by atoms with Gasteiger partial charge in [-0.05, 0) is 52.6 Å². The minimum absolute atomic E-state index is 0.640. The molecule has 1 aliphatic rings. The van der Waals surface area contributed by atoms with E-state index in [1.807, 2.05) is 0 Å². The summed E-state index contributed by atoms with van der Waals surface area (Å²) in [5.74, 6) is 0.915. The first-order valence-electron chi connectivity index (χ1n) is 6.53. The van der Waals surface area contributed by atoms with Crippen LogP contribution in [0.4, 0.5) is 0 Å². The fraction of sp³-hybridized carbons (Fsp3) is 1.00. The summed E-state index contributed by atoms with van der Waals surface area (Å²) >= 11 is 0. The molecule has 0 radical (unpaired) electrons. The highest BCUT2D eigenvalue weighted by Gasteiger charge is 2.29. The van der Waals surface area contributed by atoms with Crippen molar-refractivity contribution in [2.45, 2.75) is 65.1 Å². The number of nitrogens with zero attached hydrogens (tertiary/aromatic N) is 1. The molecule has 1 heterocycles. The number of hydrogen-bond donors (Lipinski definition) is 1. The van der Waals surface area contributed by atoms with E-state index in [1.54, 1.807) is 0 Å². The Labute approximate surface area is 95.4 Å². The van der Waals surface area contributed by atoms with Gasteiger partial charge in [0.25, 0.3) is 0 Å². The summed E-state index contributed by atoms with van der Waals surface area (Å²) in [7, 11) is 2.09. The highest BCUT2D eigenvalue weighted by Crippen LogP contribution is 2.25. The van der Waals surface area contributed by atoms with Crippen LogP contribution < -0.4 is 5.32 Å². The predicted molar refractivity (Wildman–Crippen MR) is 67.2 cm³/mol. The second kappa shape index (κ2) is 5.86. The minimum Gasteiger partial charge on any atom is -0.315 e. The number of likely N-dealkylation sites (tertiary alicyclic amines) is 1. The van der Waals surface area contributed by atoms with Gasteiger partial charge >= 0.3 is 0 Å². The zero-order valence-electron chi connectivity index (χ0n) is 11.1. The molecule has 0 amide bonds. The Bertz CT molecular complexity index is 177. The number of likely N-dealkylation sites (N-methyl/N-ethyl adjacent to an activating group) is 1. The second-order valence-electron chi connectivity index (χ2n) is 5.26. The third-order valence-corrected chi connectivity index (χ3v) is 4.11. The van der Waals surface area contributed by atoms with E-state index in [0.717, 1.165) is 12.0 Å². The lowest BCUT2D eigenvalue weighted by Gasteiger charge is -2.43. The van der Waals surface area contributed by atoms with Crippen LogP contribution in [0.3, 0.4) is 0 Å².